The first-order valence-electron chi connectivity index (χ1n) is 8.13. The average Bonchev–Trinajstić information content (AvgIpc) is 2.80. The minimum absolute atomic E-state index is 0.0320. The van der Waals surface area contributed by atoms with Crippen molar-refractivity contribution in [1.82, 2.24) is 9.78 Å². The Bertz CT molecular complexity index is 441. The maximum atomic E-state index is 6.55. The van der Waals surface area contributed by atoms with Gasteiger partial charge in [0.25, 0.3) is 0 Å². The summed E-state index contributed by atoms with van der Waals surface area (Å²) in [7, 11) is 0. The summed E-state index contributed by atoms with van der Waals surface area (Å²) in [6.07, 6.45) is 3.56. The molecule has 4 nitrogen and oxygen atoms in total. The van der Waals surface area contributed by atoms with E-state index in [4.69, 9.17) is 10.5 Å². The largest absolute Gasteiger partial charge is 0.374 e. The fourth-order valence-corrected chi connectivity index (χ4v) is 3.71. The zero-order valence-corrected chi connectivity index (χ0v) is 15.7. The van der Waals surface area contributed by atoms with Crippen molar-refractivity contribution < 1.29 is 4.74 Å². The van der Waals surface area contributed by atoms with Crippen LogP contribution >= 0.6 is 15.9 Å². The number of ether oxygens (including phenoxy) is 1. The molecule has 0 saturated carbocycles. The summed E-state index contributed by atoms with van der Waals surface area (Å²) in [5.41, 5.74) is 8.60. The van der Waals surface area contributed by atoms with Crippen LogP contribution in [0.4, 0.5) is 0 Å². The highest BCUT2D eigenvalue weighted by molar-refractivity contribution is 9.10. The second-order valence-electron chi connectivity index (χ2n) is 5.39. The molecule has 2 N–H and O–H groups in total. The quantitative estimate of drug-likeness (QED) is 0.731. The normalized spacial score (nSPS) is 13.7. The molecule has 1 unspecified atom stereocenters. The molecule has 1 atom stereocenters. The Hall–Kier alpha value is -0.390. The smallest absolute Gasteiger partial charge is 0.0831 e. The van der Waals surface area contributed by atoms with Crippen molar-refractivity contribution in [3.8, 4) is 0 Å². The lowest BCUT2D eigenvalue weighted by atomic mass is 9.86. The average molecular weight is 360 g/mol. The maximum absolute atomic E-state index is 6.55. The van der Waals surface area contributed by atoms with E-state index in [1.807, 2.05) is 6.92 Å². The van der Waals surface area contributed by atoms with E-state index in [1.54, 1.807) is 0 Å². The fraction of sp³-hybridized carbons (Fsp3) is 0.812. The zero-order valence-electron chi connectivity index (χ0n) is 14.1. The third-order valence-corrected chi connectivity index (χ3v) is 5.33. The maximum Gasteiger partial charge on any atom is 0.0831 e. The van der Waals surface area contributed by atoms with Crippen LogP contribution in [0, 0.1) is 0 Å². The van der Waals surface area contributed by atoms with Gasteiger partial charge in [-0.15, -0.1) is 0 Å². The van der Waals surface area contributed by atoms with Crippen LogP contribution in [0.25, 0.3) is 0 Å². The lowest BCUT2D eigenvalue weighted by Crippen LogP contribution is -2.51. The van der Waals surface area contributed by atoms with E-state index >= 15 is 0 Å². The highest BCUT2D eigenvalue weighted by Crippen LogP contribution is 2.29. The van der Waals surface area contributed by atoms with E-state index in [9.17, 15) is 0 Å². The molecule has 1 aromatic heterocycles. The number of aromatic nitrogens is 2. The van der Waals surface area contributed by atoms with Gasteiger partial charge in [-0.1, -0.05) is 20.8 Å². The Kier molecular flexibility index (Phi) is 7.37. The summed E-state index contributed by atoms with van der Waals surface area (Å²) < 4.78 is 9.21. The van der Waals surface area contributed by atoms with Gasteiger partial charge in [-0.05, 0) is 49.0 Å². The van der Waals surface area contributed by atoms with E-state index in [0.29, 0.717) is 6.61 Å². The van der Waals surface area contributed by atoms with E-state index in [1.165, 1.54) is 5.69 Å². The molecular formula is C16H30BrN3O. The molecular weight excluding hydrogens is 330 g/mol. The highest BCUT2D eigenvalue weighted by atomic mass is 79.9. The summed E-state index contributed by atoms with van der Waals surface area (Å²) >= 11 is 3.70. The SMILES string of the molecule is CCOC(CC)(CC)C(N)Cc1c(Br)c(CC)nn1CC. The molecule has 21 heavy (non-hydrogen) atoms. The molecule has 1 rings (SSSR count). The number of hydrogen-bond acceptors (Lipinski definition) is 3. The Labute approximate surface area is 137 Å². The van der Waals surface area contributed by atoms with E-state index in [-0.39, 0.29) is 11.6 Å². The molecule has 1 heterocycles. The van der Waals surface area contributed by atoms with Gasteiger partial charge < -0.3 is 10.5 Å². The minimum Gasteiger partial charge on any atom is -0.374 e. The molecule has 0 bridgehead atoms. The summed E-state index contributed by atoms with van der Waals surface area (Å²) in [5, 5.41) is 4.65. The van der Waals surface area contributed by atoms with Crippen molar-refractivity contribution in [3.63, 3.8) is 0 Å². The van der Waals surface area contributed by atoms with Crippen molar-refractivity contribution in [1.29, 1.82) is 0 Å². The molecule has 122 valence electrons. The number of halogens is 1. The van der Waals surface area contributed by atoms with Crippen LogP contribution in [0.5, 0.6) is 0 Å². The third-order valence-electron chi connectivity index (χ3n) is 4.41. The lowest BCUT2D eigenvalue weighted by Gasteiger charge is -2.37. The molecule has 0 spiro atoms. The van der Waals surface area contributed by atoms with Crippen molar-refractivity contribution in [2.75, 3.05) is 6.61 Å². The van der Waals surface area contributed by atoms with Gasteiger partial charge >= 0.3 is 0 Å². The van der Waals surface area contributed by atoms with Gasteiger partial charge in [0.15, 0.2) is 0 Å². The summed E-state index contributed by atoms with van der Waals surface area (Å²) in [4.78, 5) is 0. The van der Waals surface area contributed by atoms with E-state index in [0.717, 1.165) is 42.4 Å². The molecule has 0 aromatic carbocycles. The molecule has 0 fully saturated rings. The molecule has 0 aliphatic carbocycles. The molecule has 1 aromatic rings. The summed E-state index contributed by atoms with van der Waals surface area (Å²) in [5.74, 6) is 0. The van der Waals surface area contributed by atoms with Crippen molar-refractivity contribution in [3.05, 3.63) is 15.9 Å². The fourth-order valence-electron chi connectivity index (χ4n) is 2.98. The number of nitrogens with zero attached hydrogens (tertiary/aromatic N) is 2. The Balaban J connectivity index is 3.06. The topological polar surface area (TPSA) is 53.1 Å². The Morgan fingerprint density at radius 2 is 1.86 bits per heavy atom. The van der Waals surface area contributed by atoms with Gasteiger partial charge in [0.05, 0.1) is 21.5 Å². The monoisotopic (exact) mass is 359 g/mol. The second-order valence-corrected chi connectivity index (χ2v) is 6.19. The van der Waals surface area contributed by atoms with Crippen LogP contribution in [0.15, 0.2) is 4.47 Å². The predicted octanol–water partition coefficient (Wildman–Crippen LogP) is 3.69. The van der Waals surface area contributed by atoms with Gasteiger partial charge in [-0.25, -0.2) is 0 Å². The second kappa shape index (κ2) is 8.30. The first-order valence-corrected chi connectivity index (χ1v) is 8.92. The highest BCUT2D eigenvalue weighted by Gasteiger charge is 2.35. The van der Waals surface area contributed by atoms with Gasteiger partial charge in [0.2, 0.25) is 0 Å². The lowest BCUT2D eigenvalue weighted by molar-refractivity contribution is -0.0636. The molecule has 0 amide bonds. The van der Waals surface area contributed by atoms with E-state index in [2.05, 4.69) is 53.4 Å². The van der Waals surface area contributed by atoms with Crippen molar-refractivity contribution >= 4 is 15.9 Å². The first kappa shape index (κ1) is 18.7. The predicted molar refractivity (Wildman–Crippen MR) is 91.6 cm³/mol. The first-order chi connectivity index (χ1) is 9.99. The molecule has 0 radical (unpaired) electrons. The number of rotatable bonds is 9. The van der Waals surface area contributed by atoms with Crippen molar-refractivity contribution in [2.24, 2.45) is 5.73 Å². The molecule has 0 saturated heterocycles. The van der Waals surface area contributed by atoms with Gasteiger partial charge in [-0.3, -0.25) is 4.68 Å². The minimum atomic E-state index is -0.247. The molecule has 5 heteroatoms. The zero-order chi connectivity index (χ0) is 16.0. The van der Waals surface area contributed by atoms with Crippen LogP contribution < -0.4 is 5.73 Å². The summed E-state index contributed by atoms with van der Waals surface area (Å²) in [6, 6.07) is -0.0320. The molecule has 0 aliphatic rings. The van der Waals surface area contributed by atoms with Gasteiger partial charge in [0, 0.05) is 25.6 Å². The van der Waals surface area contributed by atoms with Crippen LogP contribution in [0.1, 0.15) is 58.8 Å². The van der Waals surface area contributed by atoms with Gasteiger partial charge in [-0.2, -0.15) is 5.10 Å². The third kappa shape index (κ3) is 3.88. The van der Waals surface area contributed by atoms with Crippen LogP contribution in [-0.2, 0) is 24.1 Å². The Morgan fingerprint density at radius 1 is 1.24 bits per heavy atom. The number of nitrogens with two attached hydrogens (primary N) is 1. The number of aryl methyl sites for hydroxylation is 2. The van der Waals surface area contributed by atoms with Gasteiger partial charge in [0.1, 0.15) is 0 Å². The van der Waals surface area contributed by atoms with Crippen LogP contribution in [0.3, 0.4) is 0 Å². The summed E-state index contributed by atoms with van der Waals surface area (Å²) in [6.45, 7) is 12.1. The molecule has 0 aliphatic heterocycles. The Morgan fingerprint density at radius 3 is 2.29 bits per heavy atom. The van der Waals surface area contributed by atoms with E-state index < -0.39 is 0 Å². The van der Waals surface area contributed by atoms with Crippen LogP contribution in [-0.4, -0.2) is 28.0 Å². The standard InChI is InChI=1S/C16H30BrN3O/c1-6-12-15(17)13(20(9-4)19-12)11-14(18)16(7-2,8-3)21-10-5/h14H,6-11,18H2,1-5H3. The number of hydrogen-bond donors (Lipinski definition) is 1. The van der Waals surface area contributed by atoms with Crippen LogP contribution in [0.2, 0.25) is 0 Å². The van der Waals surface area contributed by atoms with Crippen molar-refractivity contribution in [2.45, 2.75) is 78.5 Å².